The fourth-order valence-corrected chi connectivity index (χ4v) is 1.88. The second kappa shape index (κ2) is 8.91. The number of nitro benzene ring substituents is 1. The summed E-state index contributed by atoms with van der Waals surface area (Å²) < 4.78 is 5.30. The highest BCUT2D eigenvalue weighted by Gasteiger charge is 2.24. The summed E-state index contributed by atoms with van der Waals surface area (Å²) in [5.74, 6) is -0.311. The molecule has 0 aliphatic carbocycles. The Labute approximate surface area is 123 Å². The predicted molar refractivity (Wildman–Crippen MR) is 77.5 cm³/mol. The molecule has 0 atom stereocenters. The molecule has 0 aromatic heterocycles. The molecule has 1 amide bonds. The van der Waals surface area contributed by atoms with E-state index in [2.05, 4.69) is 5.32 Å². The first-order valence-electron chi connectivity index (χ1n) is 6.91. The van der Waals surface area contributed by atoms with Crippen molar-refractivity contribution in [3.8, 4) is 5.75 Å². The Balaban J connectivity index is 2.82. The van der Waals surface area contributed by atoms with Crippen LogP contribution >= 0.6 is 0 Å². The van der Waals surface area contributed by atoms with E-state index in [0.717, 1.165) is 6.42 Å². The highest BCUT2D eigenvalue weighted by molar-refractivity contribution is 6.00. The zero-order chi connectivity index (χ0) is 15.7. The van der Waals surface area contributed by atoms with Crippen LogP contribution in [0.25, 0.3) is 0 Å². The van der Waals surface area contributed by atoms with E-state index in [-0.39, 0.29) is 23.6 Å². The molecule has 0 bridgehead atoms. The van der Waals surface area contributed by atoms with E-state index in [1.165, 1.54) is 18.2 Å². The molecule has 0 heterocycles. The maximum Gasteiger partial charge on any atom is 0.285 e. The van der Waals surface area contributed by atoms with Gasteiger partial charge in [-0.25, -0.2) is 0 Å². The second-order valence-corrected chi connectivity index (χ2v) is 4.38. The standard InChI is InChI=1S/C14H20N2O5/c1-2-21-12-8-6-7-11(16(19)20)13(12)14(18)15-9-4-3-5-10-17/h6-8,17H,2-5,9-10H2,1H3,(H,15,18). The molecule has 0 radical (unpaired) electrons. The van der Waals surface area contributed by atoms with E-state index in [9.17, 15) is 14.9 Å². The average molecular weight is 296 g/mol. The van der Waals surface area contributed by atoms with Crippen molar-refractivity contribution in [2.24, 2.45) is 0 Å². The van der Waals surface area contributed by atoms with E-state index in [4.69, 9.17) is 9.84 Å². The van der Waals surface area contributed by atoms with Crippen LogP contribution in [0.1, 0.15) is 36.5 Å². The quantitative estimate of drug-likeness (QED) is 0.411. The lowest BCUT2D eigenvalue weighted by molar-refractivity contribution is -0.385. The van der Waals surface area contributed by atoms with E-state index >= 15 is 0 Å². The van der Waals surface area contributed by atoms with Gasteiger partial charge in [0.15, 0.2) is 5.56 Å². The molecule has 0 saturated carbocycles. The Hall–Kier alpha value is -2.15. The number of carbonyl (C=O) groups excluding carboxylic acids is 1. The van der Waals surface area contributed by atoms with Gasteiger partial charge in [-0.3, -0.25) is 14.9 Å². The lowest BCUT2D eigenvalue weighted by Gasteiger charge is -2.10. The van der Waals surface area contributed by atoms with Crippen molar-refractivity contribution in [1.82, 2.24) is 5.32 Å². The lowest BCUT2D eigenvalue weighted by atomic mass is 10.1. The third kappa shape index (κ3) is 5.03. The summed E-state index contributed by atoms with van der Waals surface area (Å²) in [6, 6.07) is 4.31. The van der Waals surface area contributed by atoms with Gasteiger partial charge in [0, 0.05) is 19.2 Å². The normalized spacial score (nSPS) is 10.2. The smallest absolute Gasteiger partial charge is 0.285 e. The van der Waals surface area contributed by atoms with Crippen molar-refractivity contribution in [1.29, 1.82) is 0 Å². The molecule has 7 nitrogen and oxygen atoms in total. The highest BCUT2D eigenvalue weighted by Crippen LogP contribution is 2.28. The summed E-state index contributed by atoms with van der Waals surface area (Å²) in [6.45, 7) is 2.58. The SMILES string of the molecule is CCOc1cccc([N+](=O)[O-])c1C(=O)NCCCCCO. The molecule has 1 aromatic rings. The molecule has 0 aliphatic heterocycles. The summed E-state index contributed by atoms with van der Waals surface area (Å²) in [4.78, 5) is 22.6. The van der Waals surface area contributed by atoms with Crippen LogP contribution in [-0.2, 0) is 0 Å². The van der Waals surface area contributed by atoms with Crippen LogP contribution in [0.15, 0.2) is 18.2 Å². The van der Waals surface area contributed by atoms with Crippen LogP contribution in [0.4, 0.5) is 5.69 Å². The minimum Gasteiger partial charge on any atom is -0.493 e. The number of rotatable bonds is 9. The Morgan fingerprint density at radius 1 is 1.38 bits per heavy atom. The number of nitrogens with zero attached hydrogens (tertiary/aromatic N) is 1. The van der Waals surface area contributed by atoms with Crippen molar-refractivity contribution in [3.05, 3.63) is 33.9 Å². The fraction of sp³-hybridized carbons (Fsp3) is 0.500. The summed E-state index contributed by atoms with van der Waals surface area (Å²) in [5.41, 5.74) is -0.319. The topological polar surface area (TPSA) is 102 Å². The van der Waals surface area contributed by atoms with Crippen molar-refractivity contribution in [2.75, 3.05) is 19.8 Å². The Morgan fingerprint density at radius 2 is 2.14 bits per heavy atom. The maximum atomic E-state index is 12.2. The molecule has 0 fully saturated rings. The van der Waals surface area contributed by atoms with E-state index in [1.54, 1.807) is 6.92 Å². The van der Waals surface area contributed by atoms with Gasteiger partial charge in [-0.05, 0) is 32.3 Å². The summed E-state index contributed by atoms with van der Waals surface area (Å²) in [7, 11) is 0. The molecule has 0 spiro atoms. The second-order valence-electron chi connectivity index (χ2n) is 4.38. The number of nitro groups is 1. The van der Waals surface area contributed by atoms with Crippen LogP contribution in [0.3, 0.4) is 0 Å². The van der Waals surface area contributed by atoms with E-state index in [1.807, 2.05) is 0 Å². The van der Waals surface area contributed by atoms with E-state index in [0.29, 0.717) is 26.0 Å². The predicted octanol–water partition coefficient (Wildman–Crippen LogP) is 1.89. The third-order valence-corrected chi connectivity index (χ3v) is 2.85. The van der Waals surface area contributed by atoms with E-state index < -0.39 is 10.8 Å². The van der Waals surface area contributed by atoms with Gasteiger partial charge in [0.2, 0.25) is 0 Å². The van der Waals surface area contributed by atoms with Crippen LogP contribution in [0.2, 0.25) is 0 Å². The highest BCUT2D eigenvalue weighted by atomic mass is 16.6. The molecule has 0 aliphatic rings. The largest absolute Gasteiger partial charge is 0.493 e. The zero-order valence-electron chi connectivity index (χ0n) is 12.0. The number of hydrogen-bond acceptors (Lipinski definition) is 5. The number of hydrogen-bond donors (Lipinski definition) is 2. The lowest BCUT2D eigenvalue weighted by Crippen LogP contribution is -2.26. The van der Waals surface area contributed by atoms with Gasteiger partial charge in [0.05, 0.1) is 11.5 Å². The number of aliphatic hydroxyl groups is 1. The zero-order valence-corrected chi connectivity index (χ0v) is 12.0. The first kappa shape index (κ1) is 16.9. The Bertz CT molecular complexity index is 490. The molecular weight excluding hydrogens is 276 g/mol. The minimum atomic E-state index is -0.594. The number of benzene rings is 1. The number of carbonyl (C=O) groups is 1. The average Bonchev–Trinajstić information content (AvgIpc) is 2.46. The molecule has 116 valence electrons. The van der Waals surface area contributed by atoms with Crippen LogP contribution in [-0.4, -0.2) is 35.7 Å². The van der Waals surface area contributed by atoms with Gasteiger partial charge in [0.1, 0.15) is 5.75 Å². The first-order chi connectivity index (χ1) is 10.1. The van der Waals surface area contributed by atoms with Crippen molar-refractivity contribution < 1.29 is 19.6 Å². The number of ether oxygens (including phenoxy) is 1. The molecule has 7 heteroatoms. The molecular formula is C14H20N2O5. The molecule has 1 aromatic carbocycles. The first-order valence-corrected chi connectivity index (χ1v) is 6.91. The van der Waals surface area contributed by atoms with Crippen LogP contribution < -0.4 is 10.1 Å². The number of aliphatic hydroxyl groups excluding tert-OH is 1. The minimum absolute atomic E-state index is 0.0495. The third-order valence-electron chi connectivity index (χ3n) is 2.85. The van der Waals surface area contributed by atoms with Gasteiger partial charge in [-0.2, -0.15) is 0 Å². The molecule has 21 heavy (non-hydrogen) atoms. The van der Waals surface area contributed by atoms with Gasteiger partial charge < -0.3 is 15.2 Å². The molecule has 1 rings (SSSR count). The van der Waals surface area contributed by atoms with Gasteiger partial charge in [0.25, 0.3) is 11.6 Å². The van der Waals surface area contributed by atoms with Crippen LogP contribution in [0.5, 0.6) is 5.75 Å². The van der Waals surface area contributed by atoms with Crippen LogP contribution in [0, 0.1) is 10.1 Å². The number of unbranched alkanes of at least 4 members (excludes halogenated alkanes) is 2. The van der Waals surface area contributed by atoms with Crippen molar-refractivity contribution in [3.63, 3.8) is 0 Å². The molecule has 0 unspecified atom stereocenters. The Morgan fingerprint density at radius 3 is 2.76 bits per heavy atom. The number of nitrogens with one attached hydrogen (secondary N) is 1. The van der Waals surface area contributed by atoms with Crippen molar-refractivity contribution >= 4 is 11.6 Å². The van der Waals surface area contributed by atoms with Gasteiger partial charge in [-0.15, -0.1) is 0 Å². The van der Waals surface area contributed by atoms with Crippen molar-refractivity contribution in [2.45, 2.75) is 26.2 Å². The fourth-order valence-electron chi connectivity index (χ4n) is 1.88. The summed E-state index contributed by atoms with van der Waals surface area (Å²) in [6.07, 6.45) is 2.16. The van der Waals surface area contributed by atoms with Gasteiger partial charge in [-0.1, -0.05) is 6.07 Å². The maximum absolute atomic E-state index is 12.2. The summed E-state index contributed by atoms with van der Waals surface area (Å²) >= 11 is 0. The summed E-state index contributed by atoms with van der Waals surface area (Å²) in [5, 5.41) is 22.4. The molecule has 0 saturated heterocycles. The molecule has 2 N–H and O–H groups in total. The monoisotopic (exact) mass is 296 g/mol. The Kier molecular flexibility index (Phi) is 7.17. The van der Waals surface area contributed by atoms with Gasteiger partial charge >= 0.3 is 0 Å². The number of amides is 1.